The van der Waals surface area contributed by atoms with Crippen LogP contribution >= 0.6 is 0 Å². The Bertz CT molecular complexity index is 718. The second-order valence-electron chi connectivity index (χ2n) is 6.10. The SMILES string of the molecule is CC(C(=O)O)n1cc(C2(NC(=O)Cc3ccon3)CCCC2)nn1. The van der Waals surface area contributed by atoms with E-state index in [1.165, 1.54) is 17.9 Å². The van der Waals surface area contributed by atoms with Crippen molar-refractivity contribution in [3.05, 3.63) is 29.9 Å². The van der Waals surface area contributed by atoms with Crippen molar-refractivity contribution >= 4 is 11.9 Å². The lowest BCUT2D eigenvalue weighted by Gasteiger charge is -2.28. The van der Waals surface area contributed by atoms with Gasteiger partial charge in [0, 0.05) is 6.07 Å². The second-order valence-corrected chi connectivity index (χ2v) is 6.10. The van der Waals surface area contributed by atoms with Crippen molar-refractivity contribution in [2.75, 3.05) is 0 Å². The van der Waals surface area contributed by atoms with Crippen LogP contribution in [-0.4, -0.2) is 37.1 Å². The molecule has 0 aromatic carbocycles. The van der Waals surface area contributed by atoms with Gasteiger partial charge in [0.25, 0.3) is 0 Å². The fourth-order valence-electron chi connectivity index (χ4n) is 3.03. The molecule has 0 saturated heterocycles. The molecule has 1 fully saturated rings. The molecule has 2 N–H and O–H groups in total. The highest BCUT2D eigenvalue weighted by atomic mass is 16.5. The molecule has 0 radical (unpaired) electrons. The number of carboxylic acid groups (broad SMARTS) is 1. The summed E-state index contributed by atoms with van der Waals surface area (Å²) in [5.41, 5.74) is 0.558. The van der Waals surface area contributed by atoms with Crippen molar-refractivity contribution in [3.63, 3.8) is 0 Å². The molecule has 128 valence electrons. The van der Waals surface area contributed by atoms with E-state index in [-0.39, 0.29) is 12.3 Å². The van der Waals surface area contributed by atoms with E-state index in [4.69, 9.17) is 9.63 Å². The summed E-state index contributed by atoms with van der Waals surface area (Å²) in [6.07, 6.45) is 6.58. The number of nitrogens with zero attached hydrogens (tertiary/aromatic N) is 4. The maximum atomic E-state index is 12.4. The molecule has 1 aliphatic rings. The molecule has 1 amide bonds. The van der Waals surface area contributed by atoms with Crippen LogP contribution in [0.3, 0.4) is 0 Å². The van der Waals surface area contributed by atoms with Crippen LogP contribution in [0.5, 0.6) is 0 Å². The zero-order valence-electron chi connectivity index (χ0n) is 13.3. The second kappa shape index (κ2) is 6.42. The molecule has 2 heterocycles. The van der Waals surface area contributed by atoms with Crippen molar-refractivity contribution in [2.24, 2.45) is 0 Å². The third-order valence-corrected chi connectivity index (χ3v) is 4.42. The highest BCUT2D eigenvalue weighted by molar-refractivity contribution is 5.79. The molecule has 1 atom stereocenters. The van der Waals surface area contributed by atoms with Gasteiger partial charge in [0.05, 0.1) is 23.9 Å². The van der Waals surface area contributed by atoms with E-state index >= 15 is 0 Å². The summed E-state index contributed by atoms with van der Waals surface area (Å²) in [5, 5.41) is 23.9. The van der Waals surface area contributed by atoms with Crippen LogP contribution in [0, 0.1) is 0 Å². The summed E-state index contributed by atoms with van der Waals surface area (Å²) in [6, 6.07) is 0.835. The number of hydrogen-bond acceptors (Lipinski definition) is 6. The van der Waals surface area contributed by atoms with Crippen molar-refractivity contribution in [1.82, 2.24) is 25.5 Å². The first kappa shape index (κ1) is 16.2. The molecule has 0 aliphatic heterocycles. The summed E-state index contributed by atoms with van der Waals surface area (Å²) >= 11 is 0. The van der Waals surface area contributed by atoms with Gasteiger partial charge in [-0.3, -0.25) is 4.79 Å². The molecule has 3 rings (SSSR count). The molecule has 9 heteroatoms. The Morgan fingerprint density at radius 1 is 1.46 bits per heavy atom. The fraction of sp³-hybridized carbons (Fsp3) is 0.533. The Hall–Kier alpha value is -2.71. The number of carbonyl (C=O) groups is 2. The van der Waals surface area contributed by atoms with E-state index in [9.17, 15) is 9.59 Å². The molecule has 1 unspecified atom stereocenters. The minimum Gasteiger partial charge on any atom is -0.480 e. The maximum absolute atomic E-state index is 12.4. The van der Waals surface area contributed by atoms with Crippen LogP contribution in [0.4, 0.5) is 0 Å². The predicted octanol–water partition coefficient (Wildman–Crippen LogP) is 1.04. The van der Waals surface area contributed by atoms with Crippen LogP contribution < -0.4 is 5.32 Å². The van der Waals surface area contributed by atoms with Gasteiger partial charge in [-0.15, -0.1) is 5.10 Å². The monoisotopic (exact) mass is 333 g/mol. The van der Waals surface area contributed by atoms with Gasteiger partial charge in [0.2, 0.25) is 5.91 Å². The van der Waals surface area contributed by atoms with E-state index in [0.717, 1.165) is 25.7 Å². The number of aromatic nitrogens is 4. The topological polar surface area (TPSA) is 123 Å². The van der Waals surface area contributed by atoms with Crippen LogP contribution in [-0.2, 0) is 21.5 Å². The van der Waals surface area contributed by atoms with E-state index in [1.807, 2.05) is 0 Å². The number of carboxylic acids is 1. The number of rotatable bonds is 6. The number of aliphatic carboxylic acids is 1. The van der Waals surface area contributed by atoms with Gasteiger partial charge in [-0.1, -0.05) is 23.2 Å². The quantitative estimate of drug-likeness (QED) is 0.809. The molecule has 2 aromatic heterocycles. The zero-order chi connectivity index (χ0) is 17.2. The third kappa shape index (κ3) is 3.15. The smallest absolute Gasteiger partial charge is 0.328 e. The Morgan fingerprint density at radius 2 is 2.21 bits per heavy atom. The predicted molar refractivity (Wildman–Crippen MR) is 80.9 cm³/mol. The molecule has 0 spiro atoms. The standard InChI is InChI=1S/C15H19N5O4/c1-10(14(22)23)20-9-12(17-19-20)15(5-2-3-6-15)16-13(21)8-11-4-7-24-18-11/h4,7,9-10H,2-3,5-6,8H2,1H3,(H,16,21)(H,22,23). The molecule has 0 bridgehead atoms. The number of hydrogen-bond donors (Lipinski definition) is 2. The fourth-order valence-corrected chi connectivity index (χ4v) is 3.03. The molecule has 2 aromatic rings. The normalized spacial score (nSPS) is 17.5. The lowest BCUT2D eigenvalue weighted by molar-refractivity contribution is -0.140. The Kier molecular flexibility index (Phi) is 4.32. The van der Waals surface area contributed by atoms with E-state index in [1.54, 1.807) is 12.3 Å². The molecular weight excluding hydrogens is 314 g/mol. The Labute approximate surface area is 138 Å². The number of carbonyl (C=O) groups excluding carboxylic acids is 1. The van der Waals surface area contributed by atoms with E-state index in [2.05, 4.69) is 20.8 Å². The first-order valence-electron chi connectivity index (χ1n) is 7.85. The minimum atomic E-state index is -0.984. The lowest BCUT2D eigenvalue weighted by Crippen LogP contribution is -2.44. The number of amides is 1. The zero-order valence-corrected chi connectivity index (χ0v) is 13.3. The Morgan fingerprint density at radius 3 is 2.83 bits per heavy atom. The van der Waals surface area contributed by atoms with Gasteiger partial charge < -0.3 is 14.9 Å². The van der Waals surface area contributed by atoms with Gasteiger partial charge in [0.15, 0.2) is 0 Å². The van der Waals surface area contributed by atoms with Gasteiger partial charge in [0.1, 0.15) is 18.0 Å². The highest BCUT2D eigenvalue weighted by Gasteiger charge is 2.40. The van der Waals surface area contributed by atoms with E-state index in [0.29, 0.717) is 11.4 Å². The highest BCUT2D eigenvalue weighted by Crippen LogP contribution is 2.37. The number of nitrogens with one attached hydrogen (secondary N) is 1. The van der Waals surface area contributed by atoms with Gasteiger partial charge in [-0.2, -0.15) is 0 Å². The summed E-state index contributed by atoms with van der Waals surface area (Å²) in [4.78, 5) is 23.4. The average molecular weight is 333 g/mol. The van der Waals surface area contributed by atoms with Crippen molar-refractivity contribution in [3.8, 4) is 0 Å². The van der Waals surface area contributed by atoms with Gasteiger partial charge in [-0.05, 0) is 19.8 Å². The molecule has 1 saturated carbocycles. The molecular formula is C15H19N5O4. The molecule has 24 heavy (non-hydrogen) atoms. The van der Waals surface area contributed by atoms with Gasteiger partial charge in [-0.25, -0.2) is 9.48 Å². The minimum absolute atomic E-state index is 0.123. The van der Waals surface area contributed by atoms with Crippen LogP contribution in [0.1, 0.15) is 50.0 Å². The van der Waals surface area contributed by atoms with Crippen molar-refractivity contribution in [1.29, 1.82) is 0 Å². The lowest BCUT2D eigenvalue weighted by atomic mass is 9.93. The summed E-state index contributed by atoms with van der Waals surface area (Å²) in [5.74, 6) is -1.16. The van der Waals surface area contributed by atoms with Gasteiger partial charge >= 0.3 is 5.97 Å². The Balaban J connectivity index is 1.78. The van der Waals surface area contributed by atoms with Crippen LogP contribution in [0.25, 0.3) is 0 Å². The van der Waals surface area contributed by atoms with Crippen LogP contribution in [0.15, 0.2) is 23.0 Å². The third-order valence-electron chi connectivity index (χ3n) is 4.42. The molecule has 9 nitrogen and oxygen atoms in total. The van der Waals surface area contributed by atoms with E-state index < -0.39 is 17.6 Å². The average Bonchev–Trinajstić information content (AvgIpc) is 3.27. The van der Waals surface area contributed by atoms with Crippen molar-refractivity contribution < 1.29 is 19.2 Å². The first-order valence-corrected chi connectivity index (χ1v) is 7.85. The summed E-state index contributed by atoms with van der Waals surface area (Å²) < 4.78 is 6.04. The maximum Gasteiger partial charge on any atom is 0.328 e. The summed E-state index contributed by atoms with van der Waals surface area (Å²) in [6.45, 7) is 1.53. The van der Waals surface area contributed by atoms with Crippen LogP contribution in [0.2, 0.25) is 0 Å². The first-order chi connectivity index (χ1) is 11.5. The van der Waals surface area contributed by atoms with Crippen molar-refractivity contribution in [2.45, 2.75) is 50.6 Å². The molecule has 1 aliphatic carbocycles. The summed E-state index contributed by atoms with van der Waals surface area (Å²) in [7, 11) is 0. The largest absolute Gasteiger partial charge is 0.480 e.